The second kappa shape index (κ2) is 7.57. The predicted octanol–water partition coefficient (Wildman–Crippen LogP) is 2.99. The van der Waals surface area contributed by atoms with E-state index in [4.69, 9.17) is 0 Å². The number of hydrogen-bond acceptors (Lipinski definition) is 5. The van der Waals surface area contributed by atoms with Crippen LogP contribution in [0.5, 0.6) is 0 Å². The van der Waals surface area contributed by atoms with E-state index in [0.717, 1.165) is 5.52 Å². The maximum atomic E-state index is 13.4. The average Bonchev–Trinajstić information content (AvgIpc) is 3.16. The molecule has 152 valence electrons. The number of nitrogens with zero attached hydrogens (tertiary/aromatic N) is 3. The molecule has 29 heavy (non-hydrogen) atoms. The highest BCUT2D eigenvalue weighted by Gasteiger charge is 2.31. The van der Waals surface area contributed by atoms with E-state index in [1.165, 1.54) is 47.8 Å². The SMILES string of the molecule is COC(=O)c1cccc(S(=O)(=O)N2CCC(n3cnc4cc(F)ccc43)CC2)c1. The lowest BCUT2D eigenvalue weighted by Gasteiger charge is -2.32. The van der Waals surface area contributed by atoms with Crippen molar-refractivity contribution < 1.29 is 22.3 Å². The van der Waals surface area contributed by atoms with Gasteiger partial charge in [0.1, 0.15) is 5.82 Å². The smallest absolute Gasteiger partial charge is 0.337 e. The molecule has 0 unspecified atom stereocenters. The summed E-state index contributed by atoms with van der Waals surface area (Å²) in [6, 6.07) is 10.4. The number of piperidine rings is 1. The number of fused-ring (bicyclic) bond motifs is 1. The number of sulfonamides is 1. The predicted molar refractivity (Wildman–Crippen MR) is 105 cm³/mol. The van der Waals surface area contributed by atoms with Gasteiger partial charge in [0.25, 0.3) is 0 Å². The molecule has 0 bridgehead atoms. The molecule has 0 radical (unpaired) electrons. The van der Waals surface area contributed by atoms with Gasteiger partial charge < -0.3 is 9.30 Å². The standard InChI is InChI=1S/C20H20FN3O4S/c1-28-20(25)14-3-2-4-17(11-14)29(26,27)23-9-7-16(8-10-23)24-13-22-18-12-15(21)5-6-19(18)24/h2-6,11-13,16H,7-10H2,1H3. The molecule has 1 saturated heterocycles. The number of halogens is 1. The number of benzene rings is 2. The molecule has 9 heteroatoms. The van der Waals surface area contributed by atoms with Gasteiger partial charge in [0.2, 0.25) is 10.0 Å². The van der Waals surface area contributed by atoms with Crippen molar-refractivity contribution in [2.45, 2.75) is 23.8 Å². The molecule has 1 fully saturated rings. The van der Waals surface area contributed by atoms with Crippen LogP contribution in [0.25, 0.3) is 11.0 Å². The minimum absolute atomic E-state index is 0.0717. The number of carbonyl (C=O) groups is 1. The van der Waals surface area contributed by atoms with Gasteiger partial charge in [-0.15, -0.1) is 0 Å². The molecule has 7 nitrogen and oxygen atoms in total. The Bertz CT molecular complexity index is 1170. The lowest BCUT2D eigenvalue weighted by Crippen LogP contribution is -2.39. The van der Waals surface area contributed by atoms with Gasteiger partial charge >= 0.3 is 5.97 Å². The summed E-state index contributed by atoms with van der Waals surface area (Å²) in [5, 5.41) is 0. The van der Waals surface area contributed by atoms with Crippen molar-refractivity contribution in [2.75, 3.05) is 20.2 Å². The maximum absolute atomic E-state index is 13.4. The lowest BCUT2D eigenvalue weighted by molar-refractivity contribution is 0.0600. The van der Waals surface area contributed by atoms with Gasteiger partial charge in [-0.05, 0) is 43.2 Å². The number of carbonyl (C=O) groups excluding carboxylic acids is 1. The summed E-state index contributed by atoms with van der Waals surface area (Å²) >= 11 is 0. The van der Waals surface area contributed by atoms with E-state index < -0.39 is 16.0 Å². The third kappa shape index (κ3) is 3.63. The van der Waals surface area contributed by atoms with E-state index in [1.807, 2.05) is 4.57 Å². The first-order valence-electron chi connectivity index (χ1n) is 9.21. The monoisotopic (exact) mass is 417 g/mol. The number of imidazole rings is 1. The fraction of sp³-hybridized carbons (Fsp3) is 0.300. The van der Waals surface area contributed by atoms with E-state index in [2.05, 4.69) is 9.72 Å². The van der Waals surface area contributed by atoms with Crippen LogP contribution < -0.4 is 0 Å². The van der Waals surface area contributed by atoms with Crippen molar-refractivity contribution >= 4 is 27.0 Å². The second-order valence-electron chi connectivity index (χ2n) is 6.94. The highest BCUT2D eigenvalue weighted by atomic mass is 32.2. The molecule has 1 aliphatic rings. The molecule has 2 aromatic carbocycles. The van der Waals surface area contributed by atoms with E-state index in [0.29, 0.717) is 31.4 Å². The van der Waals surface area contributed by atoms with Crippen LogP contribution in [0, 0.1) is 5.82 Å². The van der Waals surface area contributed by atoms with Gasteiger partial charge in [0.05, 0.1) is 34.9 Å². The number of hydrogen-bond donors (Lipinski definition) is 0. The molecule has 2 heterocycles. The summed E-state index contributed by atoms with van der Waals surface area (Å²) < 4.78 is 47.5. The minimum Gasteiger partial charge on any atom is -0.465 e. The van der Waals surface area contributed by atoms with Crippen LogP contribution in [0.4, 0.5) is 4.39 Å². The van der Waals surface area contributed by atoms with E-state index in [-0.39, 0.29) is 22.3 Å². The molecule has 1 aromatic heterocycles. The zero-order valence-corrected chi connectivity index (χ0v) is 16.6. The molecule has 0 spiro atoms. The Morgan fingerprint density at radius 1 is 1.17 bits per heavy atom. The van der Waals surface area contributed by atoms with Crippen LogP contribution in [-0.4, -0.2) is 48.4 Å². The van der Waals surface area contributed by atoms with Crippen molar-refractivity contribution in [3.05, 3.63) is 60.2 Å². The van der Waals surface area contributed by atoms with Gasteiger partial charge in [-0.1, -0.05) is 6.07 Å². The first kappa shape index (κ1) is 19.5. The number of ether oxygens (including phenoxy) is 1. The molecule has 1 aliphatic heterocycles. The Labute approximate surface area is 167 Å². The Morgan fingerprint density at radius 3 is 2.66 bits per heavy atom. The maximum Gasteiger partial charge on any atom is 0.337 e. The molecule has 0 amide bonds. The van der Waals surface area contributed by atoms with Crippen LogP contribution >= 0.6 is 0 Å². The minimum atomic E-state index is -3.72. The first-order valence-corrected chi connectivity index (χ1v) is 10.6. The quantitative estimate of drug-likeness (QED) is 0.610. The van der Waals surface area contributed by atoms with Gasteiger partial charge in [-0.25, -0.2) is 22.6 Å². The molecule has 4 rings (SSSR count). The van der Waals surface area contributed by atoms with E-state index in [9.17, 15) is 17.6 Å². The Morgan fingerprint density at radius 2 is 1.93 bits per heavy atom. The number of rotatable bonds is 4. The Kier molecular flexibility index (Phi) is 5.10. The highest BCUT2D eigenvalue weighted by Crippen LogP contribution is 2.30. The summed E-state index contributed by atoms with van der Waals surface area (Å²) in [4.78, 5) is 16.0. The fourth-order valence-corrected chi connectivity index (χ4v) is 5.22. The Hall–Kier alpha value is -2.78. The Balaban J connectivity index is 1.52. The summed E-state index contributed by atoms with van der Waals surface area (Å²) in [5.74, 6) is -0.915. The number of aromatic nitrogens is 2. The van der Waals surface area contributed by atoms with E-state index in [1.54, 1.807) is 12.4 Å². The zero-order valence-electron chi connectivity index (χ0n) is 15.8. The van der Waals surface area contributed by atoms with Gasteiger partial charge in [-0.3, -0.25) is 0 Å². The zero-order chi connectivity index (χ0) is 20.6. The van der Waals surface area contributed by atoms with Crippen LogP contribution in [0.1, 0.15) is 29.2 Å². The molecular formula is C20H20FN3O4S. The average molecular weight is 417 g/mol. The normalized spacial score (nSPS) is 16.2. The van der Waals surface area contributed by atoms with Crippen molar-refractivity contribution in [1.82, 2.24) is 13.9 Å². The summed E-state index contributed by atoms with van der Waals surface area (Å²) in [5.41, 5.74) is 1.61. The number of esters is 1. The lowest BCUT2D eigenvalue weighted by atomic mass is 10.1. The third-order valence-electron chi connectivity index (χ3n) is 5.25. The van der Waals surface area contributed by atoms with Crippen molar-refractivity contribution in [2.24, 2.45) is 0 Å². The van der Waals surface area contributed by atoms with Crippen LogP contribution in [0.2, 0.25) is 0 Å². The topological polar surface area (TPSA) is 81.5 Å². The van der Waals surface area contributed by atoms with Crippen molar-refractivity contribution in [3.8, 4) is 0 Å². The summed E-state index contributed by atoms with van der Waals surface area (Å²) in [7, 11) is -2.46. The molecule has 0 aliphatic carbocycles. The van der Waals surface area contributed by atoms with E-state index >= 15 is 0 Å². The van der Waals surface area contributed by atoms with Crippen LogP contribution in [-0.2, 0) is 14.8 Å². The molecule has 3 aromatic rings. The molecular weight excluding hydrogens is 397 g/mol. The first-order chi connectivity index (χ1) is 13.9. The molecule has 0 saturated carbocycles. The van der Waals surface area contributed by atoms with Gasteiger partial charge in [0.15, 0.2) is 0 Å². The highest BCUT2D eigenvalue weighted by molar-refractivity contribution is 7.89. The van der Waals surface area contributed by atoms with Gasteiger partial charge in [-0.2, -0.15) is 4.31 Å². The van der Waals surface area contributed by atoms with Crippen LogP contribution in [0.15, 0.2) is 53.7 Å². The molecule has 0 N–H and O–H groups in total. The van der Waals surface area contributed by atoms with Crippen LogP contribution in [0.3, 0.4) is 0 Å². The fourth-order valence-electron chi connectivity index (χ4n) is 3.71. The summed E-state index contributed by atoms with van der Waals surface area (Å²) in [6.45, 7) is 0.687. The largest absolute Gasteiger partial charge is 0.465 e. The second-order valence-corrected chi connectivity index (χ2v) is 8.88. The summed E-state index contributed by atoms with van der Waals surface area (Å²) in [6.07, 6.45) is 2.90. The molecule has 0 atom stereocenters. The van der Waals surface area contributed by atoms with Crippen molar-refractivity contribution in [1.29, 1.82) is 0 Å². The third-order valence-corrected chi connectivity index (χ3v) is 7.14. The van der Waals surface area contributed by atoms with Gasteiger partial charge in [0, 0.05) is 25.2 Å². The van der Waals surface area contributed by atoms with Crippen molar-refractivity contribution in [3.63, 3.8) is 0 Å². The number of methoxy groups -OCH3 is 1.